The second-order valence-corrected chi connectivity index (χ2v) is 5.02. The molecule has 0 bridgehead atoms. The van der Waals surface area contributed by atoms with Gasteiger partial charge in [0.2, 0.25) is 0 Å². The largest absolute Gasteiger partial charge is 0.497 e. The van der Waals surface area contributed by atoms with E-state index in [-0.39, 0.29) is 12.5 Å². The number of nitrogens with one attached hydrogen (secondary N) is 2. The summed E-state index contributed by atoms with van der Waals surface area (Å²) in [5.74, 6) is 1.09. The third-order valence-corrected chi connectivity index (χ3v) is 3.37. The van der Waals surface area contributed by atoms with E-state index in [2.05, 4.69) is 15.8 Å². The summed E-state index contributed by atoms with van der Waals surface area (Å²) < 4.78 is 10.5. The SMILES string of the molecule is COc1ccc(/C(C)=N/NC(=O)CNc2ccccc2)c(OC)c1. The van der Waals surface area contributed by atoms with Crippen molar-refractivity contribution >= 4 is 17.3 Å². The molecule has 0 aliphatic rings. The van der Waals surface area contributed by atoms with Crippen LogP contribution >= 0.6 is 0 Å². The molecule has 2 rings (SSSR count). The standard InChI is InChI=1S/C18H21N3O3/c1-13(16-10-9-15(23-2)11-17(16)24-3)20-21-18(22)12-19-14-7-5-4-6-8-14/h4-11,19H,12H2,1-3H3,(H,21,22)/b20-13+. The molecule has 6 nitrogen and oxygen atoms in total. The summed E-state index contributed by atoms with van der Waals surface area (Å²) in [6.07, 6.45) is 0. The molecule has 0 heterocycles. The van der Waals surface area contributed by atoms with Gasteiger partial charge in [-0.05, 0) is 31.2 Å². The maximum atomic E-state index is 11.9. The lowest BCUT2D eigenvalue weighted by molar-refractivity contribution is -0.119. The molecule has 2 aromatic rings. The van der Waals surface area contributed by atoms with Crippen LogP contribution in [0.2, 0.25) is 0 Å². The summed E-state index contributed by atoms with van der Waals surface area (Å²) in [5.41, 5.74) is 4.84. The number of hydrogen-bond donors (Lipinski definition) is 2. The molecule has 0 spiro atoms. The van der Waals surface area contributed by atoms with Crippen molar-refractivity contribution in [1.82, 2.24) is 5.43 Å². The summed E-state index contributed by atoms with van der Waals surface area (Å²) in [6, 6.07) is 14.9. The molecule has 0 unspecified atom stereocenters. The van der Waals surface area contributed by atoms with Crippen molar-refractivity contribution in [2.24, 2.45) is 5.10 Å². The Morgan fingerprint density at radius 3 is 2.50 bits per heavy atom. The molecule has 24 heavy (non-hydrogen) atoms. The number of ether oxygens (including phenoxy) is 2. The molecule has 0 saturated heterocycles. The number of carbonyl (C=O) groups excluding carboxylic acids is 1. The van der Waals surface area contributed by atoms with Crippen molar-refractivity contribution < 1.29 is 14.3 Å². The molecule has 126 valence electrons. The van der Waals surface area contributed by atoms with Gasteiger partial charge in [-0.3, -0.25) is 4.79 Å². The van der Waals surface area contributed by atoms with E-state index in [1.807, 2.05) is 42.5 Å². The Morgan fingerprint density at radius 1 is 1.08 bits per heavy atom. The number of hydrazone groups is 1. The van der Waals surface area contributed by atoms with Crippen molar-refractivity contribution in [2.45, 2.75) is 6.92 Å². The normalized spacial score (nSPS) is 10.9. The van der Waals surface area contributed by atoms with E-state index in [9.17, 15) is 4.79 Å². The van der Waals surface area contributed by atoms with Crippen LogP contribution in [0, 0.1) is 0 Å². The first-order valence-electron chi connectivity index (χ1n) is 7.48. The highest BCUT2D eigenvalue weighted by atomic mass is 16.5. The van der Waals surface area contributed by atoms with Crippen LogP contribution in [-0.4, -0.2) is 32.4 Å². The molecular formula is C18H21N3O3. The average Bonchev–Trinajstić information content (AvgIpc) is 2.64. The topological polar surface area (TPSA) is 72.0 Å². The summed E-state index contributed by atoms with van der Waals surface area (Å²) in [6.45, 7) is 1.94. The monoisotopic (exact) mass is 327 g/mol. The minimum absolute atomic E-state index is 0.139. The smallest absolute Gasteiger partial charge is 0.259 e. The van der Waals surface area contributed by atoms with Crippen molar-refractivity contribution in [1.29, 1.82) is 0 Å². The fourth-order valence-electron chi connectivity index (χ4n) is 2.08. The number of anilines is 1. The first kappa shape index (κ1) is 17.3. The molecular weight excluding hydrogens is 306 g/mol. The second kappa shape index (κ2) is 8.57. The molecule has 0 radical (unpaired) electrons. The predicted molar refractivity (Wildman–Crippen MR) is 94.8 cm³/mol. The molecule has 0 saturated carbocycles. The van der Waals surface area contributed by atoms with Crippen LogP contribution in [0.5, 0.6) is 11.5 Å². The van der Waals surface area contributed by atoms with Gasteiger partial charge in [0, 0.05) is 17.3 Å². The van der Waals surface area contributed by atoms with Gasteiger partial charge in [0.15, 0.2) is 0 Å². The second-order valence-electron chi connectivity index (χ2n) is 5.02. The molecule has 1 amide bonds. The van der Waals surface area contributed by atoms with Crippen molar-refractivity contribution in [3.8, 4) is 11.5 Å². The van der Waals surface area contributed by atoms with E-state index < -0.39 is 0 Å². The van der Waals surface area contributed by atoms with Crippen LogP contribution < -0.4 is 20.2 Å². The molecule has 6 heteroatoms. The van der Waals surface area contributed by atoms with E-state index in [1.54, 1.807) is 27.2 Å². The van der Waals surface area contributed by atoms with Crippen LogP contribution in [0.25, 0.3) is 0 Å². The van der Waals surface area contributed by atoms with E-state index in [0.717, 1.165) is 11.3 Å². The first-order valence-corrected chi connectivity index (χ1v) is 7.48. The zero-order valence-electron chi connectivity index (χ0n) is 14.0. The van der Waals surface area contributed by atoms with Crippen LogP contribution in [0.1, 0.15) is 12.5 Å². The number of nitrogens with zero attached hydrogens (tertiary/aromatic N) is 1. The van der Waals surface area contributed by atoms with E-state index in [1.165, 1.54) is 0 Å². The molecule has 0 aliphatic carbocycles. The fraction of sp³-hybridized carbons (Fsp3) is 0.222. The Morgan fingerprint density at radius 2 is 1.83 bits per heavy atom. The van der Waals surface area contributed by atoms with Crippen LogP contribution in [0.4, 0.5) is 5.69 Å². The quantitative estimate of drug-likeness (QED) is 0.606. The lowest BCUT2D eigenvalue weighted by Crippen LogP contribution is -2.26. The van der Waals surface area contributed by atoms with Gasteiger partial charge in [-0.15, -0.1) is 0 Å². The third-order valence-electron chi connectivity index (χ3n) is 3.37. The number of benzene rings is 2. The maximum Gasteiger partial charge on any atom is 0.259 e. The van der Waals surface area contributed by atoms with Crippen LogP contribution in [0.3, 0.4) is 0 Å². The highest BCUT2D eigenvalue weighted by molar-refractivity contribution is 6.01. The molecule has 2 aromatic carbocycles. The summed E-state index contributed by atoms with van der Waals surface area (Å²) in [5, 5.41) is 7.15. The third kappa shape index (κ3) is 4.74. The predicted octanol–water partition coefficient (Wildman–Crippen LogP) is 2.66. The van der Waals surface area contributed by atoms with Crippen LogP contribution in [0.15, 0.2) is 53.6 Å². The summed E-state index contributed by atoms with van der Waals surface area (Å²) >= 11 is 0. The Kier molecular flexibility index (Phi) is 6.19. The molecule has 0 fully saturated rings. The number of hydrogen-bond acceptors (Lipinski definition) is 5. The van der Waals surface area contributed by atoms with Crippen molar-refractivity contribution in [2.75, 3.05) is 26.1 Å². The molecule has 0 atom stereocenters. The highest BCUT2D eigenvalue weighted by Crippen LogP contribution is 2.24. The van der Waals surface area contributed by atoms with Gasteiger partial charge in [-0.2, -0.15) is 5.10 Å². The first-order chi connectivity index (χ1) is 11.6. The van der Waals surface area contributed by atoms with Gasteiger partial charge >= 0.3 is 0 Å². The van der Waals surface area contributed by atoms with Gasteiger partial charge in [0.25, 0.3) is 5.91 Å². The summed E-state index contributed by atoms with van der Waals surface area (Å²) in [7, 11) is 3.17. The number of carbonyl (C=O) groups is 1. The van der Waals surface area contributed by atoms with Gasteiger partial charge in [0.05, 0.1) is 26.5 Å². The number of para-hydroxylation sites is 1. The van der Waals surface area contributed by atoms with Crippen molar-refractivity contribution in [3.05, 3.63) is 54.1 Å². The van der Waals surface area contributed by atoms with E-state index in [4.69, 9.17) is 9.47 Å². The molecule has 0 aromatic heterocycles. The van der Waals surface area contributed by atoms with E-state index >= 15 is 0 Å². The summed E-state index contributed by atoms with van der Waals surface area (Å²) in [4.78, 5) is 11.9. The number of amides is 1. The Balaban J connectivity index is 1.97. The Hall–Kier alpha value is -3.02. The molecule has 0 aliphatic heterocycles. The van der Waals surface area contributed by atoms with Gasteiger partial charge in [0.1, 0.15) is 11.5 Å². The van der Waals surface area contributed by atoms with E-state index in [0.29, 0.717) is 17.2 Å². The highest BCUT2D eigenvalue weighted by Gasteiger charge is 2.08. The number of methoxy groups -OCH3 is 2. The van der Waals surface area contributed by atoms with Crippen molar-refractivity contribution in [3.63, 3.8) is 0 Å². The van der Waals surface area contributed by atoms with Crippen LogP contribution in [-0.2, 0) is 4.79 Å². The fourth-order valence-corrected chi connectivity index (χ4v) is 2.08. The lowest BCUT2D eigenvalue weighted by Gasteiger charge is -2.10. The van der Waals surface area contributed by atoms with Gasteiger partial charge < -0.3 is 14.8 Å². The Labute approximate surface area is 141 Å². The van der Waals surface area contributed by atoms with Gasteiger partial charge in [-0.25, -0.2) is 5.43 Å². The average molecular weight is 327 g/mol. The number of rotatable bonds is 7. The lowest BCUT2D eigenvalue weighted by atomic mass is 10.1. The zero-order chi connectivity index (χ0) is 17.4. The Bertz CT molecular complexity index is 715. The minimum Gasteiger partial charge on any atom is -0.497 e. The minimum atomic E-state index is -0.231. The van der Waals surface area contributed by atoms with Gasteiger partial charge in [-0.1, -0.05) is 18.2 Å². The molecule has 2 N–H and O–H groups in total. The zero-order valence-corrected chi connectivity index (χ0v) is 14.0. The maximum absolute atomic E-state index is 11.9.